The van der Waals surface area contributed by atoms with Crippen LogP contribution in [0.25, 0.3) is 0 Å². The van der Waals surface area contributed by atoms with Crippen molar-refractivity contribution >= 4 is 17.4 Å². The van der Waals surface area contributed by atoms with Crippen LogP contribution in [0.3, 0.4) is 0 Å². The average Bonchev–Trinajstić information content (AvgIpc) is 3.29. The molecule has 3 heterocycles. The van der Waals surface area contributed by atoms with Crippen molar-refractivity contribution in [2.75, 3.05) is 62.3 Å². The highest BCUT2D eigenvalue weighted by Gasteiger charge is 2.37. The molecule has 0 aliphatic carbocycles. The molecule has 3 saturated heterocycles. The minimum absolute atomic E-state index is 0.0592. The average molecular weight is 341 g/mol. The van der Waals surface area contributed by atoms with E-state index in [0.29, 0.717) is 13.1 Å². The maximum absolute atomic E-state index is 12.9. The molecule has 25 heavy (non-hydrogen) atoms. The molecule has 132 valence electrons. The third kappa shape index (κ3) is 3.10. The van der Waals surface area contributed by atoms with Gasteiger partial charge in [0.1, 0.15) is 0 Å². The SMILES string of the molecule is N#CN1CCC(N2CCN(c3cccc(N4CCOCC4)c3)C2=O)C1. The summed E-state index contributed by atoms with van der Waals surface area (Å²) in [6, 6.07) is 8.42. The van der Waals surface area contributed by atoms with Gasteiger partial charge in [-0.05, 0) is 24.6 Å². The molecule has 0 bridgehead atoms. The molecule has 1 aromatic rings. The first-order valence-electron chi connectivity index (χ1n) is 8.92. The van der Waals surface area contributed by atoms with Crippen LogP contribution in [0.2, 0.25) is 0 Å². The highest BCUT2D eigenvalue weighted by Crippen LogP contribution is 2.28. The van der Waals surface area contributed by atoms with Gasteiger partial charge in [-0.1, -0.05) is 6.07 Å². The number of ether oxygens (including phenoxy) is 1. The predicted molar refractivity (Wildman–Crippen MR) is 94.5 cm³/mol. The fraction of sp³-hybridized carbons (Fsp3) is 0.556. The molecule has 4 rings (SSSR count). The van der Waals surface area contributed by atoms with Crippen LogP contribution in [0, 0.1) is 11.5 Å². The quantitative estimate of drug-likeness (QED) is 0.776. The van der Waals surface area contributed by atoms with Gasteiger partial charge in [-0.15, -0.1) is 0 Å². The Morgan fingerprint density at radius 3 is 2.64 bits per heavy atom. The van der Waals surface area contributed by atoms with Crippen molar-refractivity contribution in [2.24, 2.45) is 0 Å². The van der Waals surface area contributed by atoms with Gasteiger partial charge in [0.05, 0.1) is 19.3 Å². The first kappa shape index (κ1) is 16.0. The van der Waals surface area contributed by atoms with Gasteiger partial charge in [0.25, 0.3) is 0 Å². The fourth-order valence-corrected chi connectivity index (χ4v) is 3.90. The Bertz CT molecular complexity index is 682. The topological polar surface area (TPSA) is 63.1 Å². The van der Waals surface area contributed by atoms with E-state index in [9.17, 15) is 4.79 Å². The molecule has 2 amide bonds. The second-order valence-electron chi connectivity index (χ2n) is 6.74. The summed E-state index contributed by atoms with van der Waals surface area (Å²) in [4.78, 5) is 20.7. The third-order valence-electron chi connectivity index (χ3n) is 5.30. The van der Waals surface area contributed by atoms with Crippen molar-refractivity contribution in [2.45, 2.75) is 12.5 Å². The summed E-state index contributed by atoms with van der Waals surface area (Å²) < 4.78 is 5.42. The van der Waals surface area contributed by atoms with Crippen molar-refractivity contribution in [3.8, 4) is 6.19 Å². The first-order valence-corrected chi connectivity index (χ1v) is 8.92. The molecule has 0 radical (unpaired) electrons. The smallest absolute Gasteiger partial charge is 0.324 e. The minimum atomic E-state index is 0.0592. The Labute approximate surface area is 148 Å². The van der Waals surface area contributed by atoms with Gasteiger partial charge in [0, 0.05) is 50.6 Å². The zero-order valence-electron chi connectivity index (χ0n) is 14.3. The molecule has 7 heteroatoms. The number of hydrogen-bond acceptors (Lipinski definition) is 5. The third-order valence-corrected chi connectivity index (χ3v) is 5.30. The molecule has 3 fully saturated rings. The predicted octanol–water partition coefficient (Wildman–Crippen LogP) is 1.32. The van der Waals surface area contributed by atoms with E-state index < -0.39 is 0 Å². The van der Waals surface area contributed by atoms with E-state index in [4.69, 9.17) is 10.00 Å². The second kappa shape index (κ2) is 6.81. The normalized spacial score (nSPS) is 24.1. The summed E-state index contributed by atoms with van der Waals surface area (Å²) >= 11 is 0. The summed E-state index contributed by atoms with van der Waals surface area (Å²) in [7, 11) is 0. The maximum atomic E-state index is 12.9. The van der Waals surface area contributed by atoms with Gasteiger partial charge in [-0.2, -0.15) is 5.26 Å². The number of hydrogen-bond donors (Lipinski definition) is 0. The lowest BCUT2D eigenvalue weighted by atomic mass is 10.2. The van der Waals surface area contributed by atoms with E-state index in [2.05, 4.69) is 23.2 Å². The van der Waals surface area contributed by atoms with Gasteiger partial charge < -0.3 is 19.4 Å². The standard InChI is InChI=1S/C18H23N5O2/c19-14-20-5-4-17(13-20)23-7-6-22(18(23)24)16-3-1-2-15(12-16)21-8-10-25-11-9-21/h1-3,12,17H,4-11,13H2. The van der Waals surface area contributed by atoms with Crippen LogP contribution >= 0.6 is 0 Å². The molecule has 0 saturated carbocycles. The second-order valence-corrected chi connectivity index (χ2v) is 6.74. The molecule has 0 aromatic heterocycles. The van der Waals surface area contributed by atoms with Crippen molar-refractivity contribution in [3.05, 3.63) is 24.3 Å². The van der Waals surface area contributed by atoms with Crippen molar-refractivity contribution < 1.29 is 9.53 Å². The fourth-order valence-electron chi connectivity index (χ4n) is 3.90. The van der Waals surface area contributed by atoms with Crippen LogP contribution in [0.1, 0.15) is 6.42 Å². The number of likely N-dealkylation sites (tertiary alicyclic amines) is 1. The molecule has 1 unspecified atom stereocenters. The monoisotopic (exact) mass is 341 g/mol. The van der Waals surface area contributed by atoms with Crippen LogP contribution in [0.15, 0.2) is 24.3 Å². The van der Waals surface area contributed by atoms with Crippen molar-refractivity contribution in [1.82, 2.24) is 9.80 Å². The van der Waals surface area contributed by atoms with Crippen molar-refractivity contribution in [3.63, 3.8) is 0 Å². The Hall–Kier alpha value is -2.46. The molecular weight excluding hydrogens is 318 g/mol. The number of carbonyl (C=O) groups excluding carboxylic acids is 1. The van der Waals surface area contributed by atoms with E-state index in [1.807, 2.05) is 21.9 Å². The van der Waals surface area contributed by atoms with E-state index >= 15 is 0 Å². The number of nitrogens with zero attached hydrogens (tertiary/aromatic N) is 5. The Morgan fingerprint density at radius 1 is 1.08 bits per heavy atom. The number of benzene rings is 1. The van der Waals surface area contributed by atoms with Crippen LogP contribution < -0.4 is 9.80 Å². The number of rotatable bonds is 3. The largest absolute Gasteiger partial charge is 0.378 e. The van der Waals surface area contributed by atoms with E-state index in [0.717, 1.165) is 57.2 Å². The lowest BCUT2D eigenvalue weighted by molar-refractivity contribution is 0.122. The maximum Gasteiger partial charge on any atom is 0.324 e. The van der Waals surface area contributed by atoms with Crippen molar-refractivity contribution in [1.29, 1.82) is 5.26 Å². The number of urea groups is 1. The highest BCUT2D eigenvalue weighted by atomic mass is 16.5. The summed E-state index contributed by atoms with van der Waals surface area (Å²) in [6.07, 6.45) is 3.06. The van der Waals surface area contributed by atoms with Crippen LogP contribution in [-0.4, -0.2) is 74.4 Å². The lowest BCUT2D eigenvalue weighted by Crippen LogP contribution is -2.40. The molecule has 3 aliphatic rings. The Balaban J connectivity index is 1.47. The summed E-state index contributed by atoms with van der Waals surface area (Å²) in [5.74, 6) is 0. The molecule has 1 atom stereocenters. The number of amides is 2. The zero-order valence-corrected chi connectivity index (χ0v) is 14.3. The molecule has 3 aliphatic heterocycles. The number of anilines is 2. The van der Waals surface area contributed by atoms with E-state index in [1.54, 1.807) is 4.90 Å². The summed E-state index contributed by atoms with van der Waals surface area (Å²) in [5.41, 5.74) is 2.09. The number of morpholine rings is 1. The first-order chi connectivity index (χ1) is 12.3. The Morgan fingerprint density at radius 2 is 1.88 bits per heavy atom. The molecular formula is C18H23N5O2. The van der Waals surface area contributed by atoms with Crippen LogP contribution in [0.4, 0.5) is 16.2 Å². The molecule has 0 N–H and O–H groups in total. The van der Waals surface area contributed by atoms with Gasteiger partial charge in [0.15, 0.2) is 6.19 Å². The van der Waals surface area contributed by atoms with Crippen LogP contribution in [-0.2, 0) is 4.74 Å². The Kier molecular flexibility index (Phi) is 4.36. The number of carbonyl (C=O) groups is 1. The molecule has 7 nitrogen and oxygen atoms in total. The molecule has 1 aromatic carbocycles. The van der Waals surface area contributed by atoms with Gasteiger partial charge in [0.2, 0.25) is 0 Å². The lowest BCUT2D eigenvalue weighted by Gasteiger charge is -2.30. The van der Waals surface area contributed by atoms with Gasteiger partial charge in [-0.25, -0.2) is 4.79 Å². The number of nitriles is 1. The summed E-state index contributed by atoms with van der Waals surface area (Å²) in [5, 5.41) is 9.03. The molecule has 0 spiro atoms. The van der Waals surface area contributed by atoms with E-state index in [-0.39, 0.29) is 12.1 Å². The minimum Gasteiger partial charge on any atom is -0.378 e. The zero-order chi connectivity index (χ0) is 17.2. The summed E-state index contributed by atoms with van der Waals surface area (Å²) in [6.45, 7) is 6.10. The van der Waals surface area contributed by atoms with Gasteiger partial charge in [-0.3, -0.25) is 4.90 Å². The van der Waals surface area contributed by atoms with E-state index in [1.165, 1.54) is 0 Å². The van der Waals surface area contributed by atoms with Crippen LogP contribution in [0.5, 0.6) is 0 Å². The van der Waals surface area contributed by atoms with Gasteiger partial charge >= 0.3 is 6.03 Å². The highest BCUT2D eigenvalue weighted by molar-refractivity contribution is 5.94.